The summed E-state index contributed by atoms with van der Waals surface area (Å²) in [5.74, 6) is 0.556. The molecular formula is C18H17N3O2S. The summed E-state index contributed by atoms with van der Waals surface area (Å²) in [4.78, 5) is 12.0. The highest BCUT2D eigenvalue weighted by molar-refractivity contribution is 7.99. The zero-order valence-corrected chi connectivity index (χ0v) is 14.3. The molecular weight excluding hydrogens is 322 g/mol. The minimum Gasteiger partial charge on any atom is -0.411 e. The van der Waals surface area contributed by atoms with Gasteiger partial charge in [0.1, 0.15) is 0 Å². The van der Waals surface area contributed by atoms with Crippen LogP contribution >= 0.6 is 11.8 Å². The van der Waals surface area contributed by atoms with Gasteiger partial charge in [-0.25, -0.2) is 0 Å². The first kappa shape index (κ1) is 16.3. The Labute approximate surface area is 144 Å². The SMILES string of the molecule is Cc1ccc(-c2nnc(SCC(=O)Nc3cccc(C)c3)o2)cc1. The van der Waals surface area contributed by atoms with Crippen LogP contribution in [0.2, 0.25) is 0 Å². The van der Waals surface area contributed by atoms with Crippen LogP contribution in [0.5, 0.6) is 0 Å². The number of rotatable bonds is 5. The Balaban J connectivity index is 1.57. The Bertz CT molecular complexity index is 843. The lowest BCUT2D eigenvalue weighted by molar-refractivity contribution is -0.113. The maximum Gasteiger partial charge on any atom is 0.277 e. The van der Waals surface area contributed by atoms with E-state index in [0.29, 0.717) is 11.1 Å². The zero-order valence-electron chi connectivity index (χ0n) is 13.4. The van der Waals surface area contributed by atoms with E-state index >= 15 is 0 Å². The maximum atomic E-state index is 12.0. The van der Waals surface area contributed by atoms with Gasteiger partial charge in [-0.15, -0.1) is 10.2 Å². The van der Waals surface area contributed by atoms with E-state index in [1.165, 1.54) is 17.3 Å². The summed E-state index contributed by atoms with van der Waals surface area (Å²) in [6.07, 6.45) is 0. The largest absolute Gasteiger partial charge is 0.411 e. The molecule has 1 heterocycles. The van der Waals surface area contributed by atoms with Gasteiger partial charge < -0.3 is 9.73 Å². The molecule has 1 amide bonds. The highest BCUT2D eigenvalue weighted by Gasteiger charge is 2.11. The van der Waals surface area contributed by atoms with Crippen molar-refractivity contribution in [3.8, 4) is 11.5 Å². The zero-order chi connectivity index (χ0) is 16.9. The molecule has 0 aliphatic carbocycles. The van der Waals surface area contributed by atoms with Gasteiger partial charge in [-0.1, -0.05) is 41.6 Å². The topological polar surface area (TPSA) is 68.0 Å². The standard InChI is InChI=1S/C18H17N3O2S/c1-12-6-8-14(9-7-12)17-20-21-18(23-17)24-11-16(22)19-15-5-3-4-13(2)10-15/h3-10H,11H2,1-2H3,(H,19,22). The number of nitrogens with zero attached hydrogens (tertiary/aromatic N) is 2. The van der Waals surface area contributed by atoms with Crippen LogP contribution < -0.4 is 5.32 Å². The molecule has 0 radical (unpaired) electrons. The van der Waals surface area contributed by atoms with Gasteiger partial charge in [0.05, 0.1) is 5.75 Å². The lowest BCUT2D eigenvalue weighted by atomic mass is 10.1. The number of hydrogen-bond acceptors (Lipinski definition) is 5. The molecule has 6 heteroatoms. The summed E-state index contributed by atoms with van der Waals surface area (Å²) in [7, 11) is 0. The first-order chi connectivity index (χ1) is 11.6. The summed E-state index contributed by atoms with van der Waals surface area (Å²) >= 11 is 1.22. The van der Waals surface area contributed by atoms with Crippen molar-refractivity contribution in [3.05, 3.63) is 59.7 Å². The van der Waals surface area contributed by atoms with E-state index in [1.807, 2.05) is 62.4 Å². The van der Waals surface area contributed by atoms with E-state index in [1.54, 1.807) is 0 Å². The number of hydrogen-bond donors (Lipinski definition) is 1. The third-order valence-electron chi connectivity index (χ3n) is 3.33. The Kier molecular flexibility index (Phi) is 4.96. The number of amides is 1. The lowest BCUT2D eigenvalue weighted by Crippen LogP contribution is -2.13. The number of nitrogens with one attached hydrogen (secondary N) is 1. The van der Waals surface area contributed by atoms with Crippen LogP contribution in [0.15, 0.2) is 58.2 Å². The Hall–Kier alpha value is -2.60. The average molecular weight is 339 g/mol. The van der Waals surface area contributed by atoms with Crippen LogP contribution in [-0.4, -0.2) is 21.9 Å². The Morgan fingerprint density at radius 2 is 1.88 bits per heavy atom. The second-order valence-corrected chi connectivity index (χ2v) is 6.37. The number of benzene rings is 2. The van der Waals surface area contributed by atoms with Gasteiger partial charge >= 0.3 is 0 Å². The molecule has 0 aliphatic rings. The number of anilines is 1. The van der Waals surface area contributed by atoms with Crippen molar-refractivity contribution in [2.75, 3.05) is 11.1 Å². The number of aromatic nitrogens is 2. The monoisotopic (exact) mass is 339 g/mol. The van der Waals surface area contributed by atoms with Crippen molar-refractivity contribution in [1.29, 1.82) is 0 Å². The normalized spacial score (nSPS) is 10.6. The predicted molar refractivity (Wildman–Crippen MR) is 95.0 cm³/mol. The molecule has 0 spiro atoms. The third-order valence-corrected chi connectivity index (χ3v) is 4.15. The van der Waals surface area contributed by atoms with Gasteiger partial charge in [0, 0.05) is 11.3 Å². The van der Waals surface area contributed by atoms with E-state index in [-0.39, 0.29) is 11.7 Å². The Morgan fingerprint density at radius 3 is 2.62 bits per heavy atom. The minimum absolute atomic E-state index is 0.110. The summed E-state index contributed by atoms with van der Waals surface area (Å²) in [5.41, 5.74) is 3.91. The molecule has 0 saturated carbocycles. The molecule has 5 nitrogen and oxygen atoms in total. The minimum atomic E-state index is -0.110. The second-order valence-electron chi connectivity index (χ2n) is 5.45. The predicted octanol–water partition coefficient (Wildman–Crippen LogP) is 4.08. The van der Waals surface area contributed by atoms with Gasteiger partial charge in [0.2, 0.25) is 11.8 Å². The van der Waals surface area contributed by atoms with Gasteiger partial charge in [0.15, 0.2) is 0 Å². The van der Waals surface area contributed by atoms with E-state index in [9.17, 15) is 4.79 Å². The van der Waals surface area contributed by atoms with Gasteiger partial charge in [-0.2, -0.15) is 0 Å². The van der Waals surface area contributed by atoms with Crippen LogP contribution in [0.25, 0.3) is 11.5 Å². The molecule has 0 unspecified atom stereocenters. The smallest absolute Gasteiger partial charge is 0.277 e. The van der Waals surface area contributed by atoms with E-state index < -0.39 is 0 Å². The summed E-state index contributed by atoms with van der Waals surface area (Å²) in [6.45, 7) is 4.00. The van der Waals surface area contributed by atoms with Crippen LogP contribution in [0.3, 0.4) is 0 Å². The maximum absolute atomic E-state index is 12.0. The van der Waals surface area contributed by atoms with Gasteiger partial charge in [-0.3, -0.25) is 4.79 Å². The molecule has 0 aliphatic heterocycles. The van der Waals surface area contributed by atoms with Crippen molar-refractivity contribution in [2.45, 2.75) is 19.1 Å². The fraction of sp³-hybridized carbons (Fsp3) is 0.167. The molecule has 0 fully saturated rings. The van der Waals surface area contributed by atoms with Crippen molar-refractivity contribution in [3.63, 3.8) is 0 Å². The van der Waals surface area contributed by atoms with Crippen molar-refractivity contribution in [1.82, 2.24) is 10.2 Å². The molecule has 0 bridgehead atoms. The highest BCUT2D eigenvalue weighted by atomic mass is 32.2. The second kappa shape index (κ2) is 7.31. The first-order valence-corrected chi connectivity index (χ1v) is 8.48. The Morgan fingerprint density at radius 1 is 1.08 bits per heavy atom. The summed E-state index contributed by atoms with van der Waals surface area (Å²) < 4.78 is 5.59. The lowest BCUT2D eigenvalue weighted by Gasteiger charge is -2.04. The fourth-order valence-electron chi connectivity index (χ4n) is 2.13. The van der Waals surface area contributed by atoms with Gasteiger partial charge in [-0.05, 0) is 43.7 Å². The number of aryl methyl sites for hydroxylation is 2. The van der Waals surface area contributed by atoms with Crippen LogP contribution in [-0.2, 0) is 4.79 Å². The summed E-state index contributed by atoms with van der Waals surface area (Å²) in [6, 6.07) is 15.5. The molecule has 122 valence electrons. The quantitative estimate of drug-likeness (QED) is 0.709. The molecule has 3 rings (SSSR count). The van der Waals surface area contributed by atoms with Crippen LogP contribution in [0.4, 0.5) is 5.69 Å². The molecule has 1 aromatic heterocycles. The number of carbonyl (C=O) groups excluding carboxylic acids is 1. The highest BCUT2D eigenvalue weighted by Crippen LogP contribution is 2.23. The summed E-state index contributed by atoms with van der Waals surface area (Å²) in [5, 5.41) is 11.2. The number of carbonyl (C=O) groups is 1. The van der Waals surface area contributed by atoms with Crippen molar-refractivity contribution >= 4 is 23.4 Å². The molecule has 2 aromatic carbocycles. The molecule has 3 aromatic rings. The third kappa shape index (κ3) is 4.23. The molecule has 1 N–H and O–H groups in total. The average Bonchev–Trinajstić information content (AvgIpc) is 3.03. The number of thioether (sulfide) groups is 1. The van der Waals surface area contributed by atoms with Gasteiger partial charge in [0.25, 0.3) is 5.22 Å². The molecule has 0 saturated heterocycles. The van der Waals surface area contributed by atoms with Crippen LogP contribution in [0, 0.1) is 13.8 Å². The van der Waals surface area contributed by atoms with E-state index in [4.69, 9.17) is 4.42 Å². The first-order valence-electron chi connectivity index (χ1n) is 7.50. The van der Waals surface area contributed by atoms with Crippen LogP contribution in [0.1, 0.15) is 11.1 Å². The van der Waals surface area contributed by atoms with Crippen molar-refractivity contribution < 1.29 is 9.21 Å². The van der Waals surface area contributed by atoms with Crippen molar-refractivity contribution in [2.24, 2.45) is 0 Å². The molecule has 24 heavy (non-hydrogen) atoms. The van der Waals surface area contributed by atoms with E-state index in [2.05, 4.69) is 15.5 Å². The fourth-order valence-corrected chi connectivity index (χ4v) is 2.69. The molecule has 0 atom stereocenters. The van der Waals surface area contributed by atoms with E-state index in [0.717, 1.165) is 16.8 Å².